The molecule has 1 N–H and O–H groups in total. The number of imidazole rings is 1. The van der Waals surface area contributed by atoms with Crippen LogP contribution in [-0.2, 0) is 6.54 Å². The summed E-state index contributed by atoms with van der Waals surface area (Å²) >= 11 is 0. The number of benzene rings is 1. The van der Waals surface area contributed by atoms with Gasteiger partial charge in [0.05, 0.1) is 31.2 Å². The number of methoxy groups -OCH3 is 1. The van der Waals surface area contributed by atoms with Crippen LogP contribution in [-0.4, -0.2) is 45.4 Å². The van der Waals surface area contributed by atoms with E-state index in [0.717, 1.165) is 11.3 Å². The number of pyridine rings is 1. The molecule has 1 aliphatic rings. The number of fused-ring (bicyclic) bond motifs is 2. The fourth-order valence-electron chi connectivity index (χ4n) is 3.35. The number of anilines is 1. The van der Waals surface area contributed by atoms with E-state index in [1.165, 1.54) is 7.11 Å². The van der Waals surface area contributed by atoms with E-state index >= 15 is 0 Å². The van der Waals surface area contributed by atoms with Gasteiger partial charge in [-0.2, -0.15) is 5.10 Å². The number of hydrogen-bond donors (Lipinski definition) is 1. The van der Waals surface area contributed by atoms with E-state index < -0.39 is 0 Å². The Morgan fingerprint density at radius 3 is 3.00 bits per heavy atom. The SMILES string of the molecule is COc1cc(C(=O)Nc2cnn(Cc3cn4ccccc4n3)c2)cc2c1OCCO2. The van der Waals surface area contributed by atoms with E-state index in [2.05, 4.69) is 15.4 Å². The van der Waals surface area contributed by atoms with E-state index in [4.69, 9.17) is 14.2 Å². The first-order chi connectivity index (χ1) is 14.7. The van der Waals surface area contributed by atoms with Crippen molar-refractivity contribution >= 4 is 17.2 Å². The summed E-state index contributed by atoms with van der Waals surface area (Å²) in [7, 11) is 1.53. The van der Waals surface area contributed by atoms with E-state index in [1.54, 1.807) is 29.2 Å². The van der Waals surface area contributed by atoms with E-state index in [9.17, 15) is 4.79 Å². The predicted molar refractivity (Wildman–Crippen MR) is 108 cm³/mol. The Hall–Kier alpha value is -4.01. The summed E-state index contributed by atoms with van der Waals surface area (Å²) < 4.78 is 20.2. The number of nitrogens with zero attached hydrogens (tertiary/aromatic N) is 4. The molecule has 1 aliphatic heterocycles. The third-order valence-electron chi connectivity index (χ3n) is 4.72. The van der Waals surface area contributed by atoms with Crippen LogP contribution in [0, 0.1) is 0 Å². The summed E-state index contributed by atoms with van der Waals surface area (Å²) in [5.74, 6) is 1.17. The number of hydrogen-bond acceptors (Lipinski definition) is 6. The van der Waals surface area contributed by atoms with Gasteiger partial charge < -0.3 is 23.9 Å². The van der Waals surface area contributed by atoms with Crippen molar-refractivity contribution in [3.8, 4) is 17.2 Å². The maximum absolute atomic E-state index is 12.7. The summed E-state index contributed by atoms with van der Waals surface area (Å²) in [6.45, 7) is 1.37. The molecule has 4 aromatic rings. The molecule has 5 rings (SSSR count). The highest BCUT2D eigenvalue weighted by molar-refractivity contribution is 6.05. The first-order valence-electron chi connectivity index (χ1n) is 9.43. The lowest BCUT2D eigenvalue weighted by molar-refractivity contribution is 0.102. The van der Waals surface area contributed by atoms with Crippen molar-refractivity contribution < 1.29 is 19.0 Å². The van der Waals surface area contributed by atoms with Crippen molar-refractivity contribution in [2.75, 3.05) is 25.6 Å². The Kier molecular flexibility index (Phi) is 4.47. The number of rotatable bonds is 5. The molecular weight excluding hydrogens is 386 g/mol. The molecule has 9 heteroatoms. The molecule has 1 aromatic carbocycles. The Morgan fingerprint density at radius 1 is 1.23 bits per heavy atom. The van der Waals surface area contributed by atoms with Gasteiger partial charge >= 0.3 is 0 Å². The second-order valence-corrected chi connectivity index (χ2v) is 6.78. The topological polar surface area (TPSA) is 91.9 Å². The van der Waals surface area contributed by atoms with Gasteiger partial charge in [-0.1, -0.05) is 6.07 Å². The van der Waals surface area contributed by atoms with Gasteiger partial charge in [0.1, 0.15) is 18.9 Å². The molecule has 0 unspecified atom stereocenters. The number of nitrogens with one attached hydrogen (secondary N) is 1. The molecule has 0 bridgehead atoms. The highest BCUT2D eigenvalue weighted by Crippen LogP contribution is 2.40. The van der Waals surface area contributed by atoms with Crippen LogP contribution in [0.4, 0.5) is 5.69 Å². The van der Waals surface area contributed by atoms with Crippen molar-refractivity contribution in [2.45, 2.75) is 6.54 Å². The minimum atomic E-state index is -0.294. The van der Waals surface area contributed by atoms with Crippen molar-refractivity contribution in [1.82, 2.24) is 19.2 Å². The molecule has 9 nitrogen and oxygen atoms in total. The van der Waals surface area contributed by atoms with Crippen LogP contribution in [0.5, 0.6) is 17.2 Å². The smallest absolute Gasteiger partial charge is 0.256 e. The molecule has 0 saturated carbocycles. The monoisotopic (exact) mass is 405 g/mol. The van der Waals surface area contributed by atoms with Gasteiger partial charge in [0, 0.05) is 24.2 Å². The van der Waals surface area contributed by atoms with Gasteiger partial charge in [-0.15, -0.1) is 0 Å². The molecular formula is C21H19N5O4. The zero-order valence-corrected chi connectivity index (χ0v) is 16.2. The van der Waals surface area contributed by atoms with Gasteiger partial charge in [0.25, 0.3) is 5.91 Å². The van der Waals surface area contributed by atoms with Crippen molar-refractivity contribution in [2.24, 2.45) is 0 Å². The molecule has 152 valence electrons. The van der Waals surface area contributed by atoms with E-state index in [0.29, 0.717) is 48.3 Å². The van der Waals surface area contributed by atoms with Crippen LogP contribution in [0.25, 0.3) is 5.65 Å². The zero-order valence-electron chi connectivity index (χ0n) is 16.2. The average molecular weight is 405 g/mol. The minimum absolute atomic E-state index is 0.294. The van der Waals surface area contributed by atoms with Crippen LogP contribution < -0.4 is 19.5 Å². The Labute approximate surface area is 171 Å². The molecule has 4 heterocycles. The van der Waals surface area contributed by atoms with Gasteiger partial charge in [0.15, 0.2) is 11.5 Å². The quantitative estimate of drug-likeness (QED) is 0.549. The molecule has 3 aromatic heterocycles. The normalized spacial score (nSPS) is 12.7. The molecule has 0 atom stereocenters. The Balaban J connectivity index is 1.32. The fourth-order valence-corrected chi connectivity index (χ4v) is 3.35. The Morgan fingerprint density at radius 2 is 2.13 bits per heavy atom. The van der Waals surface area contributed by atoms with Gasteiger partial charge in [-0.3, -0.25) is 9.48 Å². The molecule has 0 aliphatic carbocycles. The average Bonchev–Trinajstić information content (AvgIpc) is 3.39. The Bertz CT molecular complexity index is 1180. The third kappa shape index (κ3) is 3.41. The molecule has 1 amide bonds. The number of carbonyl (C=O) groups is 1. The number of carbonyl (C=O) groups excluding carboxylic acids is 1. The highest BCUT2D eigenvalue weighted by Gasteiger charge is 2.21. The van der Waals surface area contributed by atoms with E-state index in [1.807, 2.05) is 35.0 Å². The number of ether oxygens (including phenoxy) is 3. The predicted octanol–water partition coefficient (Wildman–Crippen LogP) is 2.61. The minimum Gasteiger partial charge on any atom is -0.493 e. The summed E-state index contributed by atoms with van der Waals surface area (Å²) in [6, 6.07) is 9.12. The first kappa shape index (κ1) is 18.0. The second-order valence-electron chi connectivity index (χ2n) is 6.78. The summed E-state index contributed by atoms with van der Waals surface area (Å²) in [6.07, 6.45) is 7.26. The van der Waals surface area contributed by atoms with Crippen LogP contribution in [0.15, 0.2) is 55.1 Å². The van der Waals surface area contributed by atoms with Crippen LogP contribution in [0.2, 0.25) is 0 Å². The lowest BCUT2D eigenvalue weighted by Crippen LogP contribution is -2.18. The lowest BCUT2D eigenvalue weighted by atomic mass is 10.1. The first-order valence-corrected chi connectivity index (χ1v) is 9.43. The van der Waals surface area contributed by atoms with Gasteiger partial charge in [-0.25, -0.2) is 4.98 Å². The molecule has 0 saturated heterocycles. The highest BCUT2D eigenvalue weighted by atomic mass is 16.6. The zero-order chi connectivity index (χ0) is 20.5. The summed E-state index contributed by atoms with van der Waals surface area (Å²) in [4.78, 5) is 17.3. The van der Waals surface area contributed by atoms with Crippen molar-refractivity contribution in [3.05, 3.63) is 66.4 Å². The van der Waals surface area contributed by atoms with Crippen LogP contribution >= 0.6 is 0 Å². The number of amides is 1. The fraction of sp³-hybridized carbons (Fsp3) is 0.190. The van der Waals surface area contributed by atoms with E-state index in [-0.39, 0.29) is 5.91 Å². The molecule has 30 heavy (non-hydrogen) atoms. The number of aromatic nitrogens is 4. The van der Waals surface area contributed by atoms with Gasteiger partial charge in [-0.05, 0) is 24.3 Å². The van der Waals surface area contributed by atoms with Crippen LogP contribution in [0.1, 0.15) is 16.1 Å². The second kappa shape index (κ2) is 7.43. The van der Waals surface area contributed by atoms with Crippen molar-refractivity contribution in [1.29, 1.82) is 0 Å². The summed E-state index contributed by atoms with van der Waals surface area (Å²) in [5.41, 5.74) is 2.74. The largest absolute Gasteiger partial charge is 0.493 e. The maximum Gasteiger partial charge on any atom is 0.256 e. The van der Waals surface area contributed by atoms with Gasteiger partial charge in [0.2, 0.25) is 5.75 Å². The van der Waals surface area contributed by atoms with Crippen LogP contribution in [0.3, 0.4) is 0 Å². The lowest BCUT2D eigenvalue weighted by Gasteiger charge is -2.21. The maximum atomic E-state index is 12.7. The standard InChI is InChI=1S/C21H19N5O4/c1-28-17-8-14(9-18-20(17)30-7-6-29-18)21(27)24-15-10-22-26(12-15)13-16-11-25-5-3-2-4-19(25)23-16/h2-5,8-12H,6-7,13H2,1H3,(H,24,27). The third-order valence-corrected chi connectivity index (χ3v) is 4.72. The van der Waals surface area contributed by atoms with Crippen molar-refractivity contribution in [3.63, 3.8) is 0 Å². The molecule has 0 fully saturated rings. The molecule has 0 spiro atoms. The molecule has 0 radical (unpaired) electrons. The summed E-state index contributed by atoms with van der Waals surface area (Å²) in [5, 5.41) is 7.16.